The van der Waals surface area contributed by atoms with Gasteiger partial charge in [-0.2, -0.15) is 0 Å². The summed E-state index contributed by atoms with van der Waals surface area (Å²) in [4.78, 5) is 12.4. The van der Waals surface area contributed by atoms with E-state index in [4.69, 9.17) is 5.73 Å². The highest BCUT2D eigenvalue weighted by molar-refractivity contribution is 5.42. The fourth-order valence-electron chi connectivity index (χ4n) is 3.16. The van der Waals surface area contributed by atoms with Crippen LogP contribution in [-0.2, 0) is 13.0 Å². The van der Waals surface area contributed by atoms with Crippen LogP contribution in [-0.4, -0.2) is 9.36 Å². The Hall–Kier alpha value is -1.19. The molecular formula is C14H25N3O. The Bertz CT molecular complexity index is 452. The van der Waals surface area contributed by atoms with Gasteiger partial charge in [-0.1, -0.05) is 32.6 Å². The van der Waals surface area contributed by atoms with Gasteiger partial charge in [0.2, 0.25) is 0 Å². The van der Waals surface area contributed by atoms with Gasteiger partial charge in [0.05, 0.1) is 11.7 Å². The van der Waals surface area contributed by atoms with E-state index in [0.717, 1.165) is 37.9 Å². The van der Waals surface area contributed by atoms with E-state index in [1.54, 1.807) is 0 Å². The van der Waals surface area contributed by atoms with Crippen LogP contribution in [0.2, 0.25) is 0 Å². The first-order valence-electron chi connectivity index (χ1n) is 7.30. The lowest BCUT2D eigenvalue weighted by molar-refractivity contribution is 0.281. The fraction of sp³-hybridized carbons (Fsp3) is 0.786. The van der Waals surface area contributed by atoms with Crippen LogP contribution in [0.4, 0.5) is 5.69 Å². The molecule has 1 fully saturated rings. The number of rotatable bonds is 4. The maximum absolute atomic E-state index is 12.4. The highest BCUT2D eigenvalue weighted by atomic mass is 16.1. The van der Waals surface area contributed by atoms with Gasteiger partial charge < -0.3 is 5.73 Å². The molecule has 0 aromatic carbocycles. The maximum atomic E-state index is 12.4. The molecule has 18 heavy (non-hydrogen) atoms. The Morgan fingerprint density at radius 2 is 1.89 bits per heavy atom. The monoisotopic (exact) mass is 251 g/mol. The molecule has 4 nitrogen and oxygen atoms in total. The van der Waals surface area contributed by atoms with Gasteiger partial charge in [0, 0.05) is 6.54 Å². The van der Waals surface area contributed by atoms with Crippen molar-refractivity contribution in [1.29, 1.82) is 0 Å². The molecule has 102 valence electrons. The first kappa shape index (κ1) is 13.2. The summed E-state index contributed by atoms with van der Waals surface area (Å²) in [5.41, 5.74) is 7.57. The van der Waals surface area contributed by atoms with E-state index >= 15 is 0 Å². The first-order chi connectivity index (χ1) is 8.70. The summed E-state index contributed by atoms with van der Waals surface area (Å²) in [7, 11) is 0. The Balaban J connectivity index is 2.44. The zero-order chi connectivity index (χ0) is 13.1. The summed E-state index contributed by atoms with van der Waals surface area (Å²) in [6.07, 6.45) is 7.93. The molecule has 0 radical (unpaired) electrons. The second kappa shape index (κ2) is 5.63. The predicted molar refractivity (Wildman–Crippen MR) is 74.9 cm³/mol. The molecular weight excluding hydrogens is 226 g/mol. The molecule has 0 saturated heterocycles. The molecule has 1 aromatic heterocycles. The standard InChI is InChI=1S/C14H25N3O/c1-3-8-12-13(15)14(18)17(16(12)4-2)11-9-6-5-7-10-11/h11H,3-10,15H2,1-2H3. The van der Waals surface area contributed by atoms with E-state index < -0.39 is 0 Å². The van der Waals surface area contributed by atoms with Gasteiger partial charge in [0.1, 0.15) is 5.69 Å². The maximum Gasteiger partial charge on any atom is 0.290 e. The summed E-state index contributed by atoms with van der Waals surface area (Å²) < 4.78 is 4.07. The smallest absolute Gasteiger partial charge is 0.290 e. The lowest BCUT2D eigenvalue weighted by Gasteiger charge is -2.25. The Morgan fingerprint density at radius 1 is 1.22 bits per heavy atom. The van der Waals surface area contributed by atoms with E-state index in [9.17, 15) is 4.79 Å². The van der Waals surface area contributed by atoms with Crippen molar-refractivity contribution in [2.45, 2.75) is 71.4 Å². The second-order valence-electron chi connectivity index (χ2n) is 5.27. The van der Waals surface area contributed by atoms with Crippen molar-refractivity contribution in [2.24, 2.45) is 0 Å². The molecule has 1 aliphatic carbocycles. The molecule has 4 heteroatoms. The summed E-state index contributed by atoms with van der Waals surface area (Å²) >= 11 is 0. The van der Waals surface area contributed by atoms with Crippen molar-refractivity contribution in [2.75, 3.05) is 5.73 Å². The Labute approximate surface area is 109 Å². The predicted octanol–water partition coefficient (Wildman–Crippen LogP) is 2.71. The minimum Gasteiger partial charge on any atom is -0.393 e. The minimum absolute atomic E-state index is 0.0344. The third kappa shape index (κ3) is 2.20. The molecule has 1 heterocycles. The average Bonchev–Trinajstić information content (AvgIpc) is 2.64. The van der Waals surface area contributed by atoms with Crippen molar-refractivity contribution < 1.29 is 0 Å². The summed E-state index contributed by atoms with van der Waals surface area (Å²) in [5.74, 6) is 0. The molecule has 0 aliphatic heterocycles. The van der Waals surface area contributed by atoms with Crippen LogP contribution in [0, 0.1) is 0 Å². The lowest BCUT2D eigenvalue weighted by Crippen LogP contribution is -2.29. The van der Waals surface area contributed by atoms with E-state index in [1.807, 2.05) is 4.68 Å². The fourth-order valence-corrected chi connectivity index (χ4v) is 3.16. The number of nitrogens with zero attached hydrogens (tertiary/aromatic N) is 2. The lowest BCUT2D eigenvalue weighted by atomic mass is 9.96. The van der Waals surface area contributed by atoms with E-state index in [2.05, 4.69) is 18.5 Å². The Morgan fingerprint density at radius 3 is 2.44 bits per heavy atom. The van der Waals surface area contributed by atoms with Crippen molar-refractivity contribution in [1.82, 2.24) is 9.36 Å². The van der Waals surface area contributed by atoms with Crippen LogP contribution in [0.1, 0.15) is 64.1 Å². The Kier molecular flexibility index (Phi) is 4.15. The SMILES string of the molecule is CCCc1c(N)c(=O)n(C2CCCCC2)n1CC. The van der Waals surface area contributed by atoms with Crippen molar-refractivity contribution in [3.63, 3.8) is 0 Å². The molecule has 0 amide bonds. The molecule has 2 N–H and O–H groups in total. The number of nitrogen functional groups attached to an aromatic ring is 1. The molecule has 0 unspecified atom stereocenters. The third-order valence-corrected chi connectivity index (χ3v) is 4.03. The zero-order valence-corrected chi connectivity index (χ0v) is 11.6. The van der Waals surface area contributed by atoms with Gasteiger partial charge >= 0.3 is 0 Å². The summed E-state index contributed by atoms with van der Waals surface area (Å²) in [5, 5.41) is 0. The highest BCUT2D eigenvalue weighted by Gasteiger charge is 2.23. The summed E-state index contributed by atoms with van der Waals surface area (Å²) in [6, 6.07) is 0.360. The van der Waals surface area contributed by atoms with Gasteiger partial charge in [-0.25, -0.2) is 4.68 Å². The van der Waals surface area contributed by atoms with Gasteiger partial charge in [0.15, 0.2) is 0 Å². The average molecular weight is 251 g/mol. The van der Waals surface area contributed by atoms with Crippen LogP contribution in [0.25, 0.3) is 0 Å². The molecule has 1 aromatic rings. The number of hydrogen-bond donors (Lipinski definition) is 1. The van der Waals surface area contributed by atoms with E-state index in [0.29, 0.717) is 11.7 Å². The van der Waals surface area contributed by atoms with Crippen LogP contribution in [0.15, 0.2) is 4.79 Å². The number of nitrogens with two attached hydrogens (primary N) is 1. The van der Waals surface area contributed by atoms with Crippen LogP contribution >= 0.6 is 0 Å². The first-order valence-corrected chi connectivity index (χ1v) is 7.30. The van der Waals surface area contributed by atoms with Gasteiger partial charge in [-0.15, -0.1) is 0 Å². The topological polar surface area (TPSA) is 53.0 Å². The number of anilines is 1. The van der Waals surface area contributed by atoms with Crippen molar-refractivity contribution in [3.8, 4) is 0 Å². The van der Waals surface area contributed by atoms with Crippen LogP contribution < -0.4 is 11.3 Å². The van der Waals surface area contributed by atoms with Gasteiger partial charge in [0.25, 0.3) is 5.56 Å². The summed E-state index contributed by atoms with van der Waals surface area (Å²) in [6.45, 7) is 5.05. The third-order valence-electron chi connectivity index (χ3n) is 4.03. The zero-order valence-electron chi connectivity index (χ0n) is 11.6. The molecule has 0 bridgehead atoms. The van der Waals surface area contributed by atoms with Crippen molar-refractivity contribution in [3.05, 3.63) is 16.0 Å². The van der Waals surface area contributed by atoms with E-state index in [1.165, 1.54) is 19.3 Å². The second-order valence-corrected chi connectivity index (χ2v) is 5.27. The largest absolute Gasteiger partial charge is 0.393 e. The molecule has 0 atom stereocenters. The van der Waals surface area contributed by atoms with Gasteiger partial charge in [-0.3, -0.25) is 9.48 Å². The molecule has 1 aliphatic rings. The highest BCUT2D eigenvalue weighted by Crippen LogP contribution is 2.28. The quantitative estimate of drug-likeness (QED) is 0.894. The molecule has 0 spiro atoms. The normalized spacial score (nSPS) is 17.2. The van der Waals surface area contributed by atoms with Crippen LogP contribution in [0.3, 0.4) is 0 Å². The van der Waals surface area contributed by atoms with E-state index in [-0.39, 0.29) is 5.56 Å². The number of hydrogen-bond acceptors (Lipinski definition) is 2. The molecule has 1 saturated carbocycles. The minimum atomic E-state index is 0.0344. The molecule has 2 rings (SSSR count). The van der Waals surface area contributed by atoms with Crippen molar-refractivity contribution >= 4 is 5.69 Å². The van der Waals surface area contributed by atoms with Crippen LogP contribution in [0.5, 0.6) is 0 Å². The van der Waals surface area contributed by atoms with Gasteiger partial charge in [-0.05, 0) is 26.2 Å². The number of aromatic nitrogens is 2.